The first-order valence-electron chi connectivity index (χ1n) is 10.8. The van der Waals surface area contributed by atoms with E-state index < -0.39 is 17.5 Å². The highest BCUT2D eigenvalue weighted by atomic mass is 35.5. The molecule has 1 aliphatic carbocycles. The molecule has 1 fully saturated rings. The molecule has 1 saturated carbocycles. The summed E-state index contributed by atoms with van der Waals surface area (Å²) in [6, 6.07) is 5.07. The first kappa shape index (κ1) is 25.1. The zero-order valence-electron chi connectivity index (χ0n) is 19.2. The summed E-state index contributed by atoms with van der Waals surface area (Å²) in [4.78, 5) is 28.9. The Balaban J connectivity index is 1.47. The maximum atomic E-state index is 12.0. The Kier molecular flexibility index (Phi) is 8.37. The van der Waals surface area contributed by atoms with Gasteiger partial charge in [0.15, 0.2) is 0 Å². The fourth-order valence-electron chi connectivity index (χ4n) is 2.74. The third-order valence-corrected chi connectivity index (χ3v) is 5.58. The molecule has 178 valence electrons. The molecule has 1 aliphatic rings. The van der Waals surface area contributed by atoms with Gasteiger partial charge in [0.05, 0.1) is 16.5 Å². The summed E-state index contributed by atoms with van der Waals surface area (Å²) < 4.78 is 16.7. The van der Waals surface area contributed by atoms with Gasteiger partial charge in [-0.1, -0.05) is 29.0 Å². The van der Waals surface area contributed by atoms with Gasteiger partial charge in [-0.2, -0.15) is 0 Å². The van der Waals surface area contributed by atoms with Gasteiger partial charge >= 0.3 is 5.97 Å². The van der Waals surface area contributed by atoms with E-state index in [0.29, 0.717) is 21.9 Å². The van der Waals surface area contributed by atoms with Gasteiger partial charge in [0.1, 0.15) is 23.5 Å². The number of rotatable bonds is 10. The number of ether oxygens (including phenoxy) is 3. The topological polar surface area (TPSA) is 86.8 Å². The van der Waals surface area contributed by atoms with E-state index in [4.69, 9.17) is 25.8 Å². The quantitative estimate of drug-likeness (QED) is 0.342. The van der Waals surface area contributed by atoms with Crippen molar-refractivity contribution in [3.05, 3.63) is 40.4 Å². The van der Waals surface area contributed by atoms with Gasteiger partial charge in [0.25, 0.3) is 5.19 Å². The molecule has 0 saturated heterocycles. The molecule has 0 unspecified atom stereocenters. The summed E-state index contributed by atoms with van der Waals surface area (Å²) in [5, 5.41) is 3.65. The van der Waals surface area contributed by atoms with Gasteiger partial charge in [-0.15, -0.1) is 0 Å². The van der Waals surface area contributed by atoms with Crippen LogP contribution in [0.1, 0.15) is 51.8 Å². The number of nitrogens with one attached hydrogen (secondary N) is 1. The van der Waals surface area contributed by atoms with Crippen LogP contribution in [-0.4, -0.2) is 35.1 Å². The molecule has 0 radical (unpaired) electrons. The van der Waals surface area contributed by atoms with Crippen LogP contribution in [0.3, 0.4) is 0 Å². The molecule has 33 heavy (non-hydrogen) atoms. The molecule has 1 heterocycles. The first-order valence-corrected chi connectivity index (χ1v) is 12.0. The fourth-order valence-corrected chi connectivity index (χ4v) is 3.64. The van der Waals surface area contributed by atoms with E-state index in [-0.39, 0.29) is 12.5 Å². The van der Waals surface area contributed by atoms with Crippen molar-refractivity contribution >= 4 is 40.9 Å². The maximum absolute atomic E-state index is 12.0. The van der Waals surface area contributed by atoms with Crippen LogP contribution in [0, 0.1) is 5.92 Å². The van der Waals surface area contributed by atoms with E-state index >= 15 is 0 Å². The highest BCUT2D eigenvalue weighted by Crippen LogP contribution is 2.35. The van der Waals surface area contributed by atoms with Gasteiger partial charge in [-0.25, -0.2) is 4.98 Å². The summed E-state index contributed by atoms with van der Waals surface area (Å²) in [6.07, 6.45) is 7.45. The lowest BCUT2D eigenvalue weighted by Crippen LogP contribution is -2.34. The molecule has 9 heteroatoms. The van der Waals surface area contributed by atoms with E-state index in [1.807, 2.05) is 25.1 Å². The summed E-state index contributed by atoms with van der Waals surface area (Å²) in [7, 11) is 0. The van der Waals surface area contributed by atoms with Crippen molar-refractivity contribution in [1.29, 1.82) is 0 Å². The fraction of sp³-hybridized carbons (Fsp3) is 0.458. The van der Waals surface area contributed by atoms with E-state index in [9.17, 15) is 9.59 Å². The third-order valence-electron chi connectivity index (χ3n) is 4.45. The van der Waals surface area contributed by atoms with Crippen molar-refractivity contribution < 1.29 is 23.8 Å². The summed E-state index contributed by atoms with van der Waals surface area (Å²) in [6.45, 7) is 7.81. The lowest BCUT2D eigenvalue weighted by atomic mass is 10.2. The highest BCUT2D eigenvalue weighted by molar-refractivity contribution is 7.14. The Hall–Kier alpha value is -2.58. The molecule has 1 aromatic carbocycles. The first-order chi connectivity index (χ1) is 15.6. The molecule has 1 aromatic heterocycles. The number of carbonyl (C=O) groups excluding carboxylic acids is 2. The predicted molar refractivity (Wildman–Crippen MR) is 129 cm³/mol. The van der Waals surface area contributed by atoms with Gasteiger partial charge < -0.3 is 19.5 Å². The van der Waals surface area contributed by atoms with Crippen LogP contribution in [0.5, 0.6) is 16.7 Å². The van der Waals surface area contributed by atoms with Crippen LogP contribution in [0.25, 0.3) is 6.08 Å². The molecule has 2 aromatic rings. The van der Waals surface area contributed by atoms with Crippen molar-refractivity contribution in [2.24, 2.45) is 5.92 Å². The lowest BCUT2D eigenvalue weighted by Gasteiger charge is -2.19. The molecule has 0 spiro atoms. The van der Waals surface area contributed by atoms with Crippen LogP contribution < -0.4 is 14.8 Å². The highest BCUT2D eigenvalue weighted by Gasteiger charge is 2.22. The Labute approximate surface area is 203 Å². The number of esters is 1. The lowest BCUT2D eigenvalue weighted by molar-refractivity contribution is -0.156. The van der Waals surface area contributed by atoms with E-state index in [1.165, 1.54) is 24.2 Å². The Morgan fingerprint density at radius 1 is 1.33 bits per heavy atom. The van der Waals surface area contributed by atoms with Crippen LogP contribution >= 0.6 is 22.9 Å². The van der Waals surface area contributed by atoms with E-state index in [1.54, 1.807) is 39.1 Å². The third kappa shape index (κ3) is 9.06. The monoisotopic (exact) mass is 492 g/mol. The van der Waals surface area contributed by atoms with Crippen molar-refractivity contribution in [3.63, 3.8) is 0 Å². The maximum Gasteiger partial charge on any atom is 0.315 e. The number of halogens is 1. The van der Waals surface area contributed by atoms with E-state index in [0.717, 1.165) is 17.2 Å². The van der Waals surface area contributed by atoms with Crippen molar-refractivity contribution in [1.82, 2.24) is 10.3 Å². The van der Waals surface area contributed by atoms with Crippen molar-refractivity contribution in [2.45, 2.75) is 58.6 Å². The Bertz CT molecular complexity index is 1010. The number of carbonyl (C=O) groups is 2. The average molecular weight is 493 g/mol. The molecule has 0 aliphatic heterocycles. The van der Waals surface area contributed by atoms with Crippen molar-refractivity contribution in [2.75, 3.05) is 6.61 Å². The number of nitrogens with zero attached hydrogens (tertiary/aromatic N) is 1. The molecular weight excluding hydrogens is 464 g/mol. The van der Waals surface area contributed by atoms with Crippen LogP contribution in [0.2, 0.25) is 5.02 Å². The van der Waals surface area contributed by atoms with Crippen molar-refractivity contribution in [3.8, 4) is 16.7 Å². The largest absolute Gasteiger partial charge is 0.493 e. The SMILES string of the molecule is C[C@@H](/C=C/c1cnc(Oc2ccc(OCC3CC3)cc2Cl)s1)NC(=O)CC(=O)OC(C)(C)C. The second-order valence-electron chi connectivity index (χ2n) is 8.96. The summed E-state index contributed by atoms with van der Waals surface area (Å²) in [5.74, 6) is 0.950. The van der Waals surface area contributed by atoms with E-state index in [2.05, 4.69) is 10.3 Å². The second kappa shape index (κ2) is 11.0. The average Bonchev–Trinajstić information content (AvgIpc) is 3.42. The number of hydrogen-bond donors (Lipinski definition) is 1. The van der Waals surface area contributed by atoms with Crippen LogP contribution in [-0.2, 0) is 14.3 Å². The molecule has 3 rings (SSSR count). The standard InChI is InChI=1S/C24H29ClN2O5S/c1-15(27-21(28)12-22(29)32-24(2,3)4)5-9-18-13-26-23(33-18)31-20-10-8-17(11-19(20)25)30-14-16-6-7-16/h5,8-11,13,15-16H,6-7,12,14H2,1-4H3,(H,27,28)/b9-5+/t15-/m0/s1. The molecule has 1 N–H and O–H groups in total. The Morgan fingerprint density at radius 2 is 2.09 bits per heavy atom. The molecular formula is C24H29ClN2O5S. The number of benzene rings is 1. The minimum absolute atomic E-state index is 0.274. The Morgan fingerprint density at radius 3 is 2.76 bits per heavy atom. The van der Waals surface area contributed by atoms with Crippen LogP contribution in [0.4, 0.5) is 0 Å². The van der Waals surface area contributed by atoms with Gasteiger partial charge in [0.2, 0.25) is 5.91 Å². The molecule has 1 atom stereocenters. The zero-order valence-corrected chi connectivity index (χ0v) is 20.8. The number of hydrogen-bond acceptors (Lipinski definition) is 7. The number of aromatic nitrogens is 1. The summed E-state index contributed by atoms with van der Waals surface area (Å²) in [5.41, 5.74) is -0.620. The molecule has 0 bridgehead atoms. The van der Waals surface area contributed by atoms with Gasteiger partial charge in [-0.3, -0.25) is 9.59 Å². The molecule has 7 nitrogen and oxygen atoms in total. The normalized spacial score (nSPS) is 14.7. The second-order valence-corrected chi connectivity index (χ2v) is 10.4. The predicted octanol–water partition coefficient (Wildman–Crippen LogP) is 5.63. The smallest absolute Gasteiger partial charge is 0.315 e. The summed E-state index contributed by atoms with van der Waals surface area (Å²) >= 11 is 7.67. The minimum atomic E-state index is -0.620. The van der Waals surface area contributed by atoms with Gasteiger partial charge in [-0.05, 0) is 64.7 Å². The van der Waals surface area contributed by atoms with Crippen LogP contribution in [0.15, 0.2) is 30.5 Å². The van der Waals surface area contributed by atoms with Gasteiger partial charge in [0, 0.05) is 18.3 Å². The number of amides is 1. The minimum Gasteiger partial charge on any atom is -0.493 e. The number of thiazole rings is 1. The molecule has 1 amide bonds. The zero-order chi connectivity index (χ0) is 24.0.